The first kappa shape index (κ1) is 75.5. The Morgan fingerprint density at radius 1 is 0.451 bits per heavy atom. The molecular weight excluding hydrogens is 1320 g/mol. The Kier molecular flexibility index (Phi) is 25.7. The quantitative estimate of drug-likeness (QED) is 0.0792. The molecule has 7 aliphatic rings. The lowest BCUT2D eigenvalue weighted by Gasteiger charge is -2.48. The molecule has 102 heavy (non-hydrogen) atoms. The number of rotatable bonds is 17. The predicted octanol–water partition coefficient (Wildman–Crippen LogP) is 15.5. The number of carbonyl (C=O) groups is 3. The van der Waals surface area contributed by atoms with Gasteiger partial charge in [-0.1, -0.05) is 91.0 Å². The van der Waals surface area contributed by atoms with Crippen molar-refractivity contribution in [2.45, 2.75) is 183 Å². The standard InChI is InChI=1S/C28H37N3O3.C26H30F3NO4.C25H29F3N2O4/c1-2-33-24-20-25(22-9-5-3-6-10-22)34-28(21-24)12-17-31(18-13-28)27(32)23-11-14-29-26(19-23)30-15-7-4-8-16-30;1-2-32-22-16-23(19-6-4-3-5-7-19)34-25(17-22)12-14-30(15-13-25)24(31)20-8-10-21(11-9-20)33-18-26(27,28)29;1-2-32-20-14-21(18-6-4-3-5-7-18)34-24(15-20)10-12-30(13-11-24)23(31)19-8-9-22(29-16-19)33-17-25(26,27)28/h3,5-6,9-11,14,19,24-25H,2,4,7-8,12-13,15-18,20-21H2,1H3;3-11,22-23H,2,12-18H2,1H3;3-9,16,20-21H,2,10-15,17H2,1H3. The van der Waals surface area contributed by atoms with Crippen LogP contribution in [0.3, 0.4) is 0 Å². The third kappa shape index (κ3) is 20.6. The van der Waals surface area contributed by atoms with Crippen molar-refractivity contribution < 1.29 is 78.6 Å². The Balaban J connectivity index is 0.000000154. The molecule has 7 fully saturated rings. The number of pyridine rings is 2. The van der Waals surface area contributed by atoms with Crippen molar-refractivity contribution in [3.63, 3.8) is 0 Å². The first-order valence-corrected chi connectivity index (χ1v) is 36.3. The largest absolute Gasteiger partial charge is 0.484 e. The second-order valence-corrected chi connectivity index (χ2v) is 27.7. The van der Waals surface area contributed by atoms with E-state index in [4.69, 9.17) is 33.2 Å². The van der Waals surface area contributed by atoms with Gasteiger partial charge >= 0.3 is 12.4 Å². The summed E-state index contributed by atoms with van der Waals surface area (Å²) in [5.41, 5.74) is 4.03. The van der Waals surface area contributed by atoms with Gasteiger partial charge in [-0.3, -0.25) is 14.4 Å². The average Bonchev–Trinajstić information content (AvgIpc) is 0.795. The Labute approximate surface area is 594 Å². The highest BCUT2D eigenvalue weighted by Crippen LogP contribution is 2.47. The molecule has 4 aromatic carbocycles. The highest BCUT2D eigenvalue weighted by Gasteiger charge is 2.48. The van der Waals surface area contributed by atoms with Crippen molar-refractivity contribution in [3.05, 3.63) is 185 Å². The fourth-order valence-electron chi connectivity index (χ4n) is 15.4. The number of halogens is 6. The fraction of sp³-hybridized carbons (Fsp3) is 0.532. The predicted molar refractivity (Wildman–Crippen MR) is 372 cm³/mol. The number of aromatic nitrogens is 2. The van der Waals surface area contributed by atoms with Crippen LogP contribution in [-0.2, 0) is 28.4 Å². The van der Waals surface area contributed by atoms with Gasteiger partial charge in [0.25, 0.3) is 17.7 Å². The molecule has 0 N–H and O–H groups in total. The van der Waals surface area contributed by atoms with Crippen LogP contribution in [0.2, 0.25) is 0 Å². The molecule has 13 rings (SSSR count). The lowest BCUT2D eigenvalue weighted by molar-refractivity contribution is -0.191. The van der Waals surface area contributed by atoms with Crippen LogP contribution in [-0.4, -0.2) is 175 Å². The number of ether oxygens (including phenoxy) is 8. The number of alkyl halides is 6. The summed E-state index contributed by atoms with van der Waals surface area (Å²) < 4.78 is 121. The van der Waals surface area contributed by atoms with E-state index < -0.39 is 25.6 Å². The van der Waals surface area contributed by atoms with Crippen molar-refractivity contribution in [1.29, 1.82) is 0 Å². The maximum atomic E-state index is 13.4. The maximum Gasteiger partial charge on any atom is 0.422 e. The summed E-state index contributed by atoms with van der Waals surface area (Å²) in [5, 5.41) is 0. The van der Waals surface area contributed by atoms with Gasteiger partial charge < -0.3 is 57.5 Å². The molecule has 7 saturated heterocycles. The van der Waals surface area contributed by atoms with E-state index in [-0.39, 0.29) is 82.8 Å². The van der Waals surface area contributed by atoms with Gasteiger partial charge in [0.2, 0.25) is 5.88 Å². The lowest BCUT2D eigenvalue weighted by Crippen LogP contribution is -2.52. The normalized spacial score (nSPS) is 23.3. The highest BCUT2D eigenvalue weighted by atomic mass is 19.4. The SMILES string of the molecule is CCOC1CC(c2ccccc2)OC2(CCN(C(=O)c3ccc(OCC(F)(F)F)cc3)CC2)C1.CCOC1CC(c2ccccc2)OC2(CCN(C(=O)c3ccc(OCC(F)(F)F)nc3)CC2)C1.CCOC1CC(c2ccccc2)OC2(CCN(C(=O)c3ccnc(N4CCCCC4)c3)CC2)C1. The number of likely N-dealkylation sites (tertiary alicyclic amines) is 3. The van der Waals surface area contributed by atoms with E-state index in [9.17, 15) is 40.7 Å². The number of amides is 3. The van der Waals surface area contributed by atoms with Gasteiger partial charge in [0.05, 0.1) is 59.0 Å². The van der Waals surface area contributed by atoms with E-state index in [2.05, 4.69) is 75.1 Å². The maximum absolute atomic E-state index is 13.4. The zero-order valence-corrected chi connectivity index (χ0v) is 58.6. The van der Waals surface area contributed by atoms with Crippen molar-refractivity contribution in [1.82, 2.24) is 24.7 Å². The summed E-state index contributed by atoms with van der Waals surface area (Å²) in [5.74, 6) is 0.592. The van der Waals surface area contributed by atoms with Crippen molar-refractivity contribution in [2.24, 2.45) is 0 Å². The fourth-order valence-corrected chi connectivity index (χ4v) is 15.4. The van der Waals surface area contributed by atoms with Crippen LogP contribution in [0.5, 0.6) is 11.6 Å². The minimum Gasteiger partial charge on any atom is -0.484 e. The number of anilines is 1. The zero-order chi connectivity index (χ0) is 71.7. The molecule has 2 aromatic heterocycles. The van der Waals surface area contributed by atoms with Crippen LogP contribution in [0.1, 0.15) is 183 Å². The van der Waals surface area contributed by atoms with Crippen molar-refractivity contribution in [3.8, 4) is 11.6 Å². The molecule has 6 atom stereocenters. The van der Waals surface area contributed by atoms with Gasteiger partial charge in [-0.15, -0.1) is 0 Å². The molecule has 0 aliphatic carbocycles. The van der Waals surface area contributed by atoms with Gasteiger partial charge in [-0.05, 0) is 138 Å². The smallest absolute Gasteiger partial charge is 0.422 e. The molecule has 0 radical (unpaired) electrons. The molecule has 3 amide bonds. The Morgan fingerprint density at radius 2 is 0.833 bits per heavy atom. The first-order chi connectivity index (χ1) is 49.2. The Bertz CT molecular complexity index is 3430. The topological polar surface area (TPSA) is 164 Å². The molecular formula is C79H96F6N6O11. The van der Waals surface area contributed by atoms with Crippen molar-refractivity contribution in [2.75, 3.05) is 90.3 Å². The van der Waals surface area contributed by atoms with Crippen LogP contribution in [0, 0.1) is 0 Å². The molecule has 0 bridgehead atoms. The molecule has 9 heterocycles. The molecule has 6 unspecified atom stereocenters. The Hall–Kier alpha value is -7.67. The second-order valence-electron chi connectivity index (χ2n) is 27.7. The summed E-state index contributed by atoms with van der Waals surface area (Å²) in [4.78, 5) is 55.5. The number of piperidine rings is 4. The third-order valence-electron chi connectivity index (χ3n) is 20.6. The van der Waals surface area contributed by atoms with E-state index in [0.717, 1.165) is 87.0 Å². The Morgan fingerprint density at radius 3 is 1.22 bits per heavy atom. The summed E-state index contributed by atoms with van der Waals surface area (Å²) in [6.45, 7) is 10.9. The monoisotopic (exact) mass is 1420 g/mol. The summed E-state index contributed by atoms with van der Waals surface area (Å²) in [6.07, 6.45) is 7.67. The third-order valence-corrected chi connectivity index (χ3v) is 20.6. The minimum absolute atomic E-state index is 0.0426. The van der Waals surface area contributed by atoms with Gasteiger partial charge in [0, 0.05) is 140 Å². The number of hydrogen-bond donors (Lipinski definition) is 0. The molecule has 3 spiro atoms. The van der Waals surface area contributed by atoms with Crippen LogP contribution in [0.4, 0.5) is 32.2 Å². The summed E-state index contributed by atoms with van der Waals surface area (Å²) in [6, 6.07) is 43.1. The zero-order valence-electron chi connectivity index (χ0n) is 58.6. The number of carbonyl (C=O) groups excluding carboxylic acids is 3. The van der Waals surface area contributed by atoms with E-state index >= 15 is 0 Å². The van der Waals surface area contributed by atoms with Crippen LogP contribution >= 0.6 is 0 Å². The molecule has 6 aromatic rings. The molecule has 550 valence electrons. The number of nitrogens with zero attached hydrogens (tertiary/aromatic N) is 6. The lowest BCUT2D eigenvalue weighted by atomic mass is 9.80. The second kappa shape index (κ2) is 34.7. The van der Waals surface area contributed by atoms with E-state index in [0.29, 0.717) is 95.9 Å². The van der Waals surface area contributed by atoms with E-state index in [1.165, 1.54) is 67.4 Å². The molecule has 7 aliphatic heterocycles. The van der Waals surface area contributed by atoms with Crippen LogP contribution < -0.4 is 14.4 Å². The van der Waals surface area contributed by atoms with Crippen LogP contribution in [0.15, 0.2) is 152 Å². The molecule has 17 nitrogen and oxygen atoms in total. The van der Waals surface area contributed by atoms with Crippen molar-refractivity contribution >= 4 is 23.5 Å². The van der Waals surface area contributed by atoms with Gasteiger partial charge in [-0.25, -0.2) is 9.97 Å². The number of hydrogen-bond acceptors (Lipinski definition) is 14. The van der Waals surface area contributed by atoms with Gasteiger partial charge in [0.1, 0.15) is 11.6 Å². The first-order valence-electron chi connectivity index (χ1n) is 36.3. The van der Waals surface area contributed by atoms with Crippen LogP contribution in [0.25, 0.3) is 0 Å². The highest BCUT2D eigenvalue weighted by molar-refractivity contribution is 5.95. The molecule has 0 saturated carbocycles. The summed E-state index contributed by atoms with van der Waals surface area (Å²) in [7, 11) is 0. The van der Waals surface area contributed by atoms with Gasteiger partial charge in [0.15, 0.2) is 13.2 Å². The molecule has 23 heteroatoms. The average molecular weight is 1420 g/mol. The number of benzene rings is 4. The minimum atomic E-state index is -4.44. The van der Waals surface area contributed by atoms with E-state index in [1.807, 2.05) is 73.3 Å². The van der Waals surface area contributed by atoms with E-state index in [1.54, 1.807) is 16.0 Å². The van der Waals surface area contributed by atoms with Gasteiger partial charge in [-0.2, -0.15) is 26.3 Å². The summed E-state index contributed by atoms with van der Waals surface area (Å²) >= 11 is 0.